The number of aliphatic hydroxyl groups is 2. The van der Waals surface area contributed by atoms with Crippen LogP contribution in [0.2, 0.25) is 0 Å². The number of carbonyl (C=O) groups is 3. The summed E-state index contributed by atoms with van der Waals surface area (Å²) in [6.07, 6.45) is 0. The summed E-state index contributed by atoms with van der Waals surface area (Å²) >= 11 is 0. The number of hydrogen-bond acceptors (Lipinski definition) is 6. The normalized spacial score (nSPS) is 10.2. The van der Waals surface area contributed by atoms with Crippen LogP contribution < -0.4 is 16.0 Å². The predicted octanol–water partition coefficient (Wildman–Crippen LogP) is -1.49. The van der Waals surface area contributed by atoms with Gasteiger partial charge >= 0.3 is 0 Å². The third-order valence-corrected chi connectivity index (χ3v) is 3.11. The van der Waals surface area contributed by atoms with Crippen LogP contribution in [0.15, 0.2) is 18.2 Å². The second-order valence-electron chi connectivity index (χ2n) is 5.01. The molecule has 5 N–H and O–H groups in total. The lowest BCUT2D eigenvalue weighted by Gasteiger charge is -2.11. The minimum absolute atomic E-state index is 0.0507. The van der Waals surface area contributed by atoms with Crippen LogP contribution in [0.5, 0.6) is 0 Å². The molecule has 138 valence electrons. The quantitative estimate of drug-likeness (QED) is 0.325. The van der Waals surface area contributed by atoms with Gasteiger partial charge in [0.2, 0.25) is 0 Å². The molecule has 25 heavy (non-hydrogen) atoms. The minimum Gasteiger partial charge on any atom is -0.395 e. The van der Waals surface area contributed by atoms with Gasteiger partial charge in [0.25, 0.3) is 17.7 Å². The van der Waals surface area contributed by atoms with Crippen molar-refractivity contribution in [1.29, 1.82) is 0 Å². The van der Waals surface area contributed by atoms with Crippen LogP contribution in [0, 0.1) is 0 Å². The van der Waals surface area contributed by atoms with E-state index in [9.17, 15) is 14.4 Å². The molecule has 0 unspecified atom stereocenters. The highest BCUT2D eigenvalue weighted by molar-refractivity contribution is 6.04. The zero-order chi connectivity index (χ0) is 18.7. The monoisotopic (exact) mass is 353 g/mol. The maximum atomic E-state index is 12.2. The van der Waals surface area contributed by atoms with Gasteiger partial charge in [-0.05, 0) is 18.2 Å². The molecule has 0 saturated carbocycles. The standard InChI is InChI=1S/C16H23N3O6/c1-25-7-4-19-16(24)13-9-11(14(22)17-2-5-20)8-12(10-13)15(23)18-3-6-21/h8-10,20-21H,2-7H2,1H3,(H,17,22)(H,18,23)(H,19,24). The SMILES string of the molecule is COCCNC(=O)c1cc(C(=O)NCCO)cc(C(=O)NCCO)c1. The molecule has 0 aromatic heterocycles. The maximum Gasteiger partial charge on any atom is 0.251 e. The fourth-order valence-electron chi connectivity index (χ4n) is 1.93. The Bertz CT molecular complexity index is 567. The molecule has 0 heterocycles. The average molecular weight is 353 g/mol. The van der Waals surface area contributed by atoms with E-state index in [4.69, 9.17) is 14.9 Å². The number of benzene rings is 1. The Labute approximate surface area is 145 Å². The van der Waals surface area contributed by atoms with Gasteiger partial charge in [0, 0.05) is 43.4 Å². The van der Waals surface area contributed by atoms with E-state index in [1.54, 1.807) is 0 Å². The van der Waals surface area contributed by atoms with E-state index in [1.165, 1.54) is 25.3 Å². The molecule has 0 bridgehead atoms. The lowest BCUT2D eigenvalue weighted by Crippen LogP contribution is -2.31. The van der Waals surface area contributed by atoms with Crippen LogP contribution in [-0.4, -0.2) is 74.5 Å². The Hall–Kier alpha value is -2.49. The molecule has 0 aliphatic rings. The van der Waals surface area contributed by atoms with Gasteiger partial charge in [-0.2, -0.15) is 0 Å². The number of amides is 3. The van der Waals surface area contributed by atoms with Crippen molar-refractivity contribution in [2.24, 2.45) is 0 Å². The molecule has 1 aromatic carbocycles. The molecule has 0 atom stereocenters. The highest BCUT2D eigenvalue weighted by Crippen LogP contribution is 2.11. The number of aliphatic hydroxyl groups excluding tert-OH is 2. The van der Waals surface area contributed by atoms with E-state index in [0.29, 0.717) is 6.61 Å². The Balaban J connectivity index is 3.06. The van der Waals surface area contributed by atoms with Crippen molar-refractivity contribution >= 4 is 17.7 Å². The second kappa shape index (κ2) is 11.1. The van der Waals surface area contributed by atoms with Crippen molar-refractivity contribution in [3.05, 3.63) is 34.9 Å². The van der Waals surface area contributed by atoms with Gasteiger partial charge in [-0.25, -0.2) is 0 Å². The number of rotatable bonds is 10. The van der Waals surface area contributed by atoms with Gasteiger partial charge < -0.3 is 30.9 Å². The lowest BCUT2D eigenvalue weighted by atomic mass is 10.0. The third-order valence-electron chi connectivity index (χ3n) is 3.11. The van der Waals surface area contributed by atoms with Crippen LogP contribution in [0.25, 0.3) is 0 Å². The summed E-state index contributed by atoms with van der Waals surface area (Å²) in [5.74, 6) is -1.49. The smallest absolute Gasteiger partial charge is 0.251 e. The number of methoxy groups -OCH3 is 1. The molecule has 0 fully saturated rings. The molecule has 0 aliphatic carbocycles. The Morgan fingerprint density at radius 1 is 0.800 bits per heavy atom. The van der Waals surface area contributed by atoms with E-state index in [0.717, 1.165) is 0 Å². The molecule has 9 heteroatoms. The van der Waals surface area contributed by atoms with Crippen LogP contribution >= 0.6 is 0 Å². The zero-order valence-electron chi connectivity index (χ0n) is 14.0. The summed E-state index contributed by atoms with van der Waals surface area (Å²) in [5, 5.41) is 25.1. The molecule has 1 aromatic rings. The number of carbonyl (C=O) groups excluding carboxylic acids is 3. The van der Waals surface area contributed by atoms with Crippen molar-refractivity contribution in [2.45, 2.75) is 0 Å². The van der Waals surface area contributed by atoms with Crippen LogP contribution in [0.3, 0.4) is 0 Å². The third kappa shape index (κ3) is 6.87. The summed E-state index contributed by atoms with van der Waals surface area (Å²) in [4.78, 5) is 36.4. The van der Waals surface area contributed by atoms with Crippen LogP contribution in [0.1, 0.15) is 31.1 Å². The van der Waals surface area contributed by atoms with E-state index in [1.807, 2.05) is 0 Å². The highest BCUT2D eigenvalue weighted by atomic mass is 16.5. The molecule has 9 nitrogen and oxygen atoms in total. The first-order valence-electron chi connectivity index (χ1n) is 7.73. The van der Waals surface area contributed by atoms with Crippen molar-refractivity contribution in [3.63, 3.8) is 0 Å². The van der Waals surface area contributed by atoms with Gasteiger partial charge in [-0.3, -0.25) is 14.4 Å². The fourth-order valence-corrected chi connectivity index (χ4v) is 1.93. The summed E-state index contributed by atoms with van der Waals surface area (Å²) in [7, 11) is 1.50. The van der Waals surface area contributed by atoms with Crippen LogP contribution in [-0.2, 0) is 4.74 Å². The van der Waals surface area contributed by atoms with Gasteiger partial charge in [0.15, 0.2) is 0 Å². The molecule has 1 rings (SSSR count). The number of hydrogen-bond donors (Lipinski definition) is 5. The molecular weight excluding hydrogens is 330 g/mol. The van der Waals surface area contributed by atoms with Crippen molar-refractivity contribution < 1.29 is 29.3 Å². The summed E-state index contributed by atoms with van der Waals surface area (Å²) in [5.41, 5.74) is 0.367. The average Bonchev–Trinajstić information content (AvgIpc) is 2.63. The topological polar surface area (TPSA) is 137 Å². The molecule has 3 amide bonds. The van der Waals surface area contributed by atoms with Crippen molar-refractivity contribution in [1.82, 2.24) is 16.0 Å². The number of nitrogens with one attached hydrogen (secondary N) is 3. The van der Waals surface area contributed by atoms with Crippen LogP contribution in [0.4, 0.5) is 0 Å². The van der Waals surface area contributed by atoms with Gasteiger partial charge in [0.1, 0.15) is 0 Å². The minimum atomic E-state index is -0.517. The van der Waals surface area contributed by atoms with E-state index in [-0.39, 0.29) is 49.5 Å². The first-order valence-corrected chi connectivity index (χ1v) is 7.73. The molecule has 0 aliphatic heterocycles. The first kappa shape index (κ1) is 20.6. The maximum absolute atomic E-state index is 12.2. The van der Waals surface area contributed by atoms with Gasteiger partial charge in [-0.15, -0.1) is 0 Å². The Kier molecular flexibility index (Phi) is 9.15. The molecule has 0 radical (unpaired) electrons. The largest absolute Gasteiger partial charge is 0.395 e. The zero-order valence-corrected chi connectivity index (χ0v) is 14.0. The molecule has 0 spiro atoms. The van der Waals surface area contributed by atoms with E-state index < -0.39 is 17.7 Å². The summed E-state index contributed by atoms with van der Waals surface area (Å²) in [6.45, 7) is 0.248. The lowest BCUT2D eigenvalue weighted by molar-refractivity contribution is 0.0937. The fraction of sp³-hybridized carbons (Fsp3) is 0.438. The first-order chi connectivity index (χ1) is 12.0. The highest BCUT2D eigenvalue weighted by Gasteiger charge is 2.16. The second-order valence-corrected chi connectivity index (χ2v) is 5.01. The van der Waals surface area contributed by atoms with E-state index >= 15 is 0 Å². The number of ether oxygens (including phenoxy) is 1. The predicted molar refractivity (Wildman–Crippen MR) is 89.5 cm³/mol. The summed E-state index contributed by atoms with van der Waals surface area (Å²) < 4.78 is 4.85. The Morgan fingerprint density at radius 2 is 1.16 bits per heavy atom. The van der Waals surface area contributed by atoms with Crippen molar-refractivity contribution in [3.8, 4) is 0 Å². The van der Waals surface area contributed by atoms with Gasteiger partial charge in [-0.1, -0.05) is 0 Å². The Morgan fingerprint density at radius 3 is 1.48 bits per heavy atom. The van der Waals surface area contributed by atoms with Crippen molar-refractivity contribution in [2.75, 3.05) is 46.6 Å². The molecule has 0 saturated heterocycles. The molecular formula is C16H23N3O6. The van der Waals surface area contributed by atoms with E-state index in [2.05, 4.69) is 16.0 Å². The summed E-state index contributed by atoms with van der Waals surface area (Å²) in [6, 6.07) is 4.06. The van der Waals surface area contributed by atoms with Gasteiger partial charge in [0.05, 0.1) is 19.8 Å².